The molecule has 3 rings (SSSR count). The molecule has 1 aliphatic rings. The van der Waals surface area contributed by atoms with E-state index in [4.69, 9.17) is 5.10 Å². The Bertz CT molecular complexity index is 813. The number of benzene rings is 1. The minimum Gasteiger partial charge on any atom is -0.303 e. The largest absolute Gasteiger partial charge is 0.303 e. The number of allylic oxidation sites excluding steroid dienone is 3. The second kappa shape index (κ2) is 11.9. The third-order valence-corrected chi connectivity index (χ3v) is 6.33. The van der Waals surface area contributed by atoms with Crippen molar-refractivity contribution in [2.45, 2.75) is 64.7 Å². The average molecular weight is 406 g/mol. The van der Waals surface area contributed by atoms with E-state index >= 15 is 0 Å². The number of hydrogen-bond donors (Lipinski definition) is 0. The Kier molecular flexibility index (Phi) is 8.95. The summed E-state index contributed by atoms with van der Waals surface area (Å²) in [5.41, 5.74) is 5.12. The lowest BCUT2D eigenvalue weighted by Gasteiger charge is -2.19. The zero-order valence-corrected chi connectivity index (χ0v) is 19.2. The fourth-order valence-corrected chi connectivity index (χ4v) is 4.44. The van der Waals surface area contributed by atoms with Crippen LogP contribution in [0.1, 0.15) is 69.5 Å². The summed E-state index contributed by atoms with van der Waals surface area (Å²) in [5, 5.41) is 4.84. The molecule has 1 aromatic heterocycles. The molecule has 0 saturated carbocycles. The van der Waals surface area contributed by atoms with Crippen molar-refractivity contribution in [1.82, 2.24) is 14.7 Å². The van der Waals surface area contributed by atoms with Crippen LogP contribution < -0.4 is 0 Å². The van der Waals surface area contributed by atoms with Crippen LogP contribution in [0.2, 0.25) is 0 Å². The highest BCUT2D eigenvalue weighted by molar-refractivity contribution is 5.60. The van der Waals surface area contributed by atoms with E-state index < -0.39 is 0 Å². The first-order chi connectivity index (χ1) is 14.7. The molecule has 2 aromatic rings. The van der Waals surface area contributed by atoms with E-state index in [9.17, 15) is 0 Å². The monoisotopic (exact) mass is 405 g/mol. The molecule has 30 heavy (non-hydrogen) atoms. The quantitative estimate of drug-likeness (QED) is 0.350. The van der Waals surface area contributed by atoms with Crippen molar-refractivity contribution in [1.29, 1.82) is 0 Å². The van der Waals surface area contributed by atoms with Crippen LogP contribution in [0.3, 0.4) is 0 Å². The van der Waals surface area contributed by atoms with Crippen molar-refractivity contribution < 1.29 is 0 Å². The van der Waals surface area contributed by atoms with Gasteiger partial charge in [0.15, 0.2) is 0 Å². The maximum Gasteiger partial charge on any atom is 0.0926 e. The van der Waals surface area contributed by atoms with Gasteiger partial charge in [-0.2, -0.15) is 5.10 Å². The van der Waals surface area contributed by atoms with Crippen molar-refractivity contribution >= 4 is 0 Å². The number of likely N-dealkylation sites (tertiary alicyclic amines) is 1. The molecule has 0 N–H and O–H groups in total. The molecule has 3 heteroatoms. The fraction of sp³-hybridized carbons (Fsp3) is 0.519. The number of aromatic nitrogens is 2. The molecule has 1 saturated heterocycles. The third kappa shape index (κ3) is 6.43. The summed E-state index contributed by atoms with van der Waals surface area (Å²) in [6.07, 6.45) is 17.4. The maximum atomic E-state index is 4.84. The van der Waals surface area contributed by atoms with Crippen LogP contribution in [0.15, 0.2) is 54.6 Å². The van der Waals surface area contributed by atoms with Gasteiger partial charge in [-0.25, -0.2) is 0 Å². The van der Waals surface area contributed by atoms with Crippen LogP contribution in [0.5, 0.6) is 0 Å². The lowest BCUT2D eigenvalue weighted by molar-refractivity contribution is 0.289. The first-order valence-electron chi connectivity index (χ1n) is 11.8. The van der Waals surface area contributed by atoms with E-state index in [0.717, 1.165) is 25.0 Å². The van der Waals surface area contributed by atoms with Crippen LogP contribution in [-0.4, -0.2) is 34.3 Å². The number of nitrogens with zero attached hydrogens (tertiary/aromatic N) is 3. The molecular weight excluding hydrogens is 366 g/mol. The molecule has 2 heterocycles. The van der Waals surface area contributed by atoms with E-state index in [0.29, 0.717) is 5.92 Å². The van der Waals surface area contributed by atoms with Crippen LogP contribution in [0.25, 0.3) is 11.3 Å². The van der Waals surface area contributed by atoms with Gasteiger partial charge in [0.1, 0.15) is 0 Å². The Balaban J connectivity index is 1.53. The fourth-order valence-electron chi connectivity index (χ4n) is 4.44. The summed E-state index contributed by atoms with van der Waals surface area (Å²) in [5.74, 6) is 0.618. The van der Waals surface area contributed by atoms with E-state index in [1.165, 1.54) is 62.1 Å². The molecule has 1 aromatic carbocycles. The average Bonchev–Trinajstić information content (AvgIpc) is 3.00. The normalized spacial score (nSPS) is 18.4. The van der Waals surface area contributed by atoms with Gasteiger partial charge in [-0.3, -0.25) is 4.68 Å². The maximum absolute atomic E-state index is 4.84. The van der Waals surface area contributed by atoms with E-state index in [1.54, 1.807) is 0 Å². The minimum atomic E-state index is 0.618. The van der Waals surface area contributed by atoms with Gasteiger partial charge in [0.05, 0.1) is 5.69 Å². The number of rotatable bonds is 9. The summed E-state index contributed by atoms with van der Waals surface area (Å²) in [6, 6.07) is 11.2. The summed E-state index contributed by atoms with van der Waals surface area (Å²) in [6.45, 7) is 7.90. The molecule has 0 radical (unpaired) electrons. The zero-order valence-electron chi connectivity index (χ0n) is 19.2. The van der Waals surface area contributed by atoms with Gasteiger partial charge in [-0.05, 0) is 76.6 Å². The number of unbranched alkanes of at least 4 members (excludes halogenated alkanes) is 1. The molecule has 1 unspecified atom stereocenters. The van der Waals surface area contributed by atoms with Crippen LogP contribution in [0.4, 0.5) is 0 Å². The Labute approximate surface area is 183 Å². The van der Waals surface area contributed by atoms with Gasteiger partial charge in [-0.1, -0.05) is 55.5 Å². The van der Waals surface area contributed by atoms with Crippen molar-refractivity contribution in [3.8, 4) is 11.3 Å². The molecule has 1 atom stereocenters. The Morgan fingerprint density at radius 2 is 1.77 bits per heavy atom. The minimum absolute atomic E-state index is 0.618. The topological polar surface area (TPSA) is 21.1 Å². The zero-order chi connectivity index (χ0) is 21.2. The van der Waals surface area contributed by atoms with Crippen molar-refractivity contribution in [3.63, 3.8) is 0 Å². The molecule has 1 fully saturated rings. The second-order valence-corrected chi connectivity index (χ2v) is 8.50. The van der Waals surface area contributed by atoms with Gasteiger partial charge in [0.2, 0.25) is 0 Å². The predicted octanol–water partition coefficient (Wildman–Crippen LogP) is 6.52. The van der Waals surface area contributed by atoms with Crippen molar-refractivity contribution in [2.24, 2.45) is 7.05 Å². The summed E-state index contributed by atoms with van der Waals surface area (Å²) in [7, 11) is 2.11. The summed E-state index contributed by atoms with van der Waals surface area (Å²) in [4.78, 5) is 2.65. The third-order valence-electron chi connectivity index (χ3n) is 6.33. The molecule has 0 amide bonds. The molecular formula is C27H39N3. The second-order valence-electron chi connectivity index (χ2n) is 8.50. The van der Waals surface area contributed by atoms with Gasteiger partial charge >= 0.3 is 0 Å². The lowest BCUT2D eigenvalue weighted by Crippen LogP contribution is -2.25. The summed E-state index contributed by atoms with van der Waals surface area (Å²) < 4.78 is 2.12. The van der Waals surface area contributed by atoms with Crippen LogP contribution >= 0.6 is 0 Å². The lowest BCUT2D eigenvalue weighted by atomic mass is 9.96. The smallest absolute Gasteiger partial charge is 0.0926 e. The van der Waals surface area contributed by atoms with Gasteiger partial charge in [0, 0.05) is 30.8 Å². The van der Waals surface area contributed by atoms with Gasteiger partial charge in [0.25, 0.3) is 0 Å². The highest BCUT2D eigenvalue weighted by Crippen LogP contribution is 2.31. The van der Waals surface area contributed by atoms with Crippen LogP contribution in [0, 0.1) is 0 Å². The van der Waals surface area contributed by atoms with E-state index in [1.807, 2.05) is 0 Å². The number of aryl methyl sites for hydroxylation is 2. The van der Waals surface area contributed by atoms with Crippen molar-refractivity contribution in [2.75, 3.05) is 19.6 Å². The molecule has 0 aliphatic carbocycles. The van der Waals surface area contributed by atoms with Gasteiger partial charge < -0.3 is 4.90 Å². The van der Waals surface area contributed by atoms with E-state index in [2.05, 4.69) is 85.1 Å². The SMILES string of the molecule is C/C=C\CC/C=C/CCN1CCCC(c2cc(-c3ccc(CC)cc3)nn2C)CC1. The predicted molar refractivity (Wildman–Crippen MR) is 129 cm³/mol. The Morgan fingerprint density at radius 1 is 1.00 bits per heavy atom. The molecule has 0 bridgehead atoms. The molecule has 3 nitrogen and oxygen atoms in total. The Hall–Kier alpha value is -2.13. The number of hydrogen-bond acceptors (Lipinski definition) is 2. The molecule has 1 aliphatic heterocycles. The highest BCUT2D eigenvalue weighted by Gasteiger charge is 2.21. The highest BCUT2D eigenvalue weighted by atomic mass is 15.3. The summed E-state index contributed by atoms with van der Waals surface area (Å²) >= 11 is 0. The van der Waals surface area contributed by atoms with E-state index in [-0.39, 0.29) is 0 Å². The molecule has 0 spiro atoms. The van der Waals surface area contributed by atoms with Crippen molar-refractivity contribution in [3.05, 3.63) is 65.9 Å². The van der Waals surface area contributed by atoms with Crippen LogP contribution in [-0.2, 0) is 13.5 Å². The standard InChI is InChI=1S/C27H39N3/c1-4-6-7-8-9-10-11-19-30-20-12-13-25(18-21-30)27-22-26(28-29(27)3)24-16-14-23(5-2)15-17-24/h4,6,9-10,14-17,22,25H,5,7-8,11-13,18-21H2,1-3H3/b6-4-,10-9+. The first kappa shape index (κ1) is 22.6. The molecule has 162 valence electrons. The Morgan fingerprint density at radius 3 is 2.53 bits per heavy atom. The van der Waals surface area contributed by atoms with Gasteiger partial charge in [-0.15, -0.1) is 0 Å². The first-order valence-corrected chi connectivity index (χ1v) is 11.8.